The molecule has 1 unspecified atom stereocenters. The van der Waals surface area contributed by atoms with E-state index in [1.807, 2.05) is 18.2 Å². The molecule has 0 bridgehead atoms. The molecule has 1 N–H and O–H groups in total. The van der Waals surface area contributed by atoms with Crippen molar-refractivity contribution in [1.82, 2.24) is 9.72 Å². The van der Waals surface area contributed by atoms with E-state index in [0.717, 1.165) is 18.4 Å². The number of carbonyl (C=O) groups is 1. The minimum absolute atomic E-state index is 0.201. The summed E-state index contributed by atoms with van der Waals surface area (Å²) in [6.07, 6.45) is -3.57. The summed E-state index contributed by atoms with van der Waals surface area (Å²) in [5, 5.41) is 14.6. The molecular formula is C30H25F3N2O6S. The average Bonchev–Trinajstić information content (AvgIpc) is 3.66. The molecule has 1 fully saturated rings. The van der Waals surface area contributed by atoms with Crippen LogP contribution < -0.4 is 9.47 Å². The van der Waals surface area contributed by atoms with Crippen molar-refractivity contribution in [2.24, 2.45) is 0 Å². The fourth-order valence-electron chi connectivity index (χ4n) is 5.10. The number of carboxylic acids is 1. The van der Waals surface area contributed by atoms with Gasteiger partial charge in [0.05, 0.1) is 26.6 Å². The van der Waals surface area contributed by atoms with Crippen molar-refractivity contribution in [1.29, 1.82) is 0 Å². The first-order valence-electron chi connectivity index (χ1n) is 13.3. The summed E-state index contributed by atoms with van der Waals surface area (Å²) in [4.78, 5) is 12.0. The molecule has 1 aliphatic carbocycles. The Morgan fingerprint density at radius 2 is 1.90 bits per heavy atom. The second-order valence-electron chi connectivity index (χ2n) is 10.1. The Labute approximate surface area is 240 Å². The second kappa shape index (κ2) is 10.5. The highest BCUT2D eigenvalue weighted by atomic mass is 32.2. The summed E-state index contributed by atoms with van der Waals surface area (Å²) in [7, 11) is -1.92. The minimum Gasteiger partial charge on any atom is -0.479 e. The van der Waals surface area contributed by atoms with E-state index >= 15 is 0 Å². The number of nitrogens with zero attached hydrogens (tertiary/aromatic N) is 2. The predicted octanol–water partition coefficient (Wildman–Crippen LogP) is 7.26. The second-order valence-corrected chi connectivity index (χ2v) is 11.5. The Hall–Kier alpha value is -4.32. The third-order valence-corrected chi connectivity index (χ3v) is 8.79. The molecule has 0 spiro atoms. The van der Waals surface area contributed by atoms with Crippen LogP contribution in [0, 0.1) is 6.92 Å². The number of fused-ring (bicyclic) bond motifs is 2. The van der Waals surface area contributed by atoms with E-state index in [1.165, 1.54) is 24.3 Å². The van der Waals surface area contributed by atoms with Gasteiger partial charge in [-0.1, -0.05) is 24.2 Å². The first kappa shape index (κ1) is 27.8. The average molecular weight is 599 g/mol. The molecule has 218 valence electrons. The lowest BCUT2D eigenvalue weighted by Crippen LogP contribution is -2.25. The zero-order valence-corrected chi connectivity index (χ0v) is 23.3. The van der Waals surface area contributed by atoms with Gasteiger partial charge in [0.1, 0.15) is 11.5 Å². The van der Waals surface area contributed by atoms with Crippen LogP contribution >= 0.6 is 0 Å². The maximum absolute atomic E-state index is 14.1. The third-order valence-electron chi connectivity index (χ3n) is 7.22. The topological polar surface area (TPSA) is 104 Å². The highest BCUT2D eigenvalue weighted by molar-refractivity contribution is 7.85. The molecule has 0 radical (unpaired) electrons. The standard InChI is InChI=1S/C30H25F3N2O6S/c1-3-25(29(36)37)39-19-5-4-6-21(14-19)42(38)27-16(2)35(24-12-10-20(15-23(24)27)40-30(31,32)33)28-22-11-9-18(17-7-8-17)13-26(22)41-34-28/h4-6,9-15,17,25H,3,7-8H2,1-2H3,(H,36,37)/t25-,42?/m0/s1. The van der Waals surface area contributed by atoms with Crippen LogP contribution in [-0.4, -0.2) is 37.5 Å². The molecule has 5 aromatic rings. The number of alkyl halides is 3. The summed E-state index contributed by atoms with van der Waals surface area (Å²) in [6.45, 7) is 3.37. The van der Waals surface area contributed by atoms with Crippen molar-refractivity contribution in [3.8, 4) is 17.3 Å². The van der Waals surface area contributed by atoms with Crippen LogP contribution in [0.25, 0.3) is 27.7 Å². The van der Waals surface area contributed by atoms with E-state index in [0.29, 0.717) is 33.9 Å². The van der Waals surface area contributed by atoms with E-state index in [4.69, 9.17) is 9.26 Å². The quantitative estimate of drug-likeness (QED) is 0.190. The van der Waals surface area contributed by atoms with Gasteiger partial charge in [-0.05, 0) is 86.2 Å². The monoisotopic (exact) mass is 598 g/mol. The van der Waals surface area contributed by atoms with Crippen LogP contribution in [0.5, 0.6) is 11.5 Å². The largest absolute Gasteiger partial charge is 0.573 e. The first-order chi connectivity index (χ1) is 20.0. The van der Waals surface area contributed by atoms with E-state index < -0.39 is 35.0 Å². The van der Waals surface area contributed by atoms with Gasteiger partial charge in [0.15, 0.2) is 17.5 Å². The lowest BCUT2D eigenvalue weighted by Gasteiger charge is -2.14. The van der Waals surface area contributed by atoms with Gasteiger partial charge in [-0.25, -0.2) is 9.00 Å². The molecule has 1 aliphatic rings. The molecule has 0 saturated heterocycles. The zero-order chi connectivity index (χ0) is 29.8. The van der Waals surface area contributed by atoms with Crippen molar-refractivity contribution in [2.75, 3.05) is 0 Å². The number of benzene rings is 3. The van der Waals surface area contributed by atoms with E-state index in [9.17, 15) is 27.3 Å². The maximum Gasteiger partial charge on any atom is 0.573 e. The SMILES string of the molecule is CC[C@H](Oc1cccc(S(=O)c2c(C)n(-c3noc4cc(C5CC5)ccc34)c3ccc(OC(F)(F)F)cc23)c1)C(=O)O. The van der Waals surface area contributed by atoms with Gasteiger partial charge in [0.25, 0.3) is 0 Å². The third kappa shape index (κ3) is 5.22. The highest BCUT2D eigenvalue weighted by Crippen LogP contribution is 2.42. The number of aliphatic carboxylic acids is 1. The summed E-state index contributed by atoms with van der Waals surface area (Å²) in [6, 6.07) is 15.9. The van der Waals surface area contributed by atoms with E-state index in [1.54, 1.807) is 36.6 Å². The van der Waals surface area contributed by atoms with Gasteiger partial charge >= 0.3 is 12.3 Å². The van der Waals surface area contributed by atoms with Crippen LogP contribution in [0.1, 0.15) is 43.4 Å². The van der Waals surface area contributed by atoms with Crippen LogP contribution in [0.2, 0.25) is 0 Å². The molecule has 0 amide bonds. The maximum atomic E-state index is 14.1. The van der Waals surface area contributed by atoms with E-state index in [2.05, 4.69) is 9.89 Å². The van der Waals surface area contributed by atoms with Gasteiger partial charge in [0, 0.05) is 16.0 Å². The van der Waals surface area contributed by atoms with Crippen molar-refractivity contribution in [2.45, 2.75) is 61.3 Å². The lowest BCUT2D eigenvalue weighted by molar-refractivity contribution is -0.274. The zero-order valence-electron chi connectivity index (χ0n) is 22.5. The minimum atomic E-state index is -4.92. The van der Waals surface area contributed by atoms with Gasteiger partial charge in [-0.2, -0.15) is 0 Å². The molecule has 6 rings (SSSR count). The number of hydrogen-bond donors (Lipinski definition) is 1. The molecule has 0 aliphatic heterocycles. The Morgan fingerprint density at radius 1 is 1.12 bits per heavy atom. The highest BCUT2D eigenvalue weighted by Gasteiger charge is 2.32. The van der Waals surface area contributed by atoms with Crippen LogP contribution in [0.15, 0.2) is 75.0 Å². The van der Waals surface area contributed by atoms with Crippen LogP contribution in [0.3, 0.4) is 0 Å². The van der Waals surface area contributed by atoms with Crippen LogP contribution in [-0.2, 0) is 15.6 Å². The molecule has 42 heavy (non-hydrogen) atoms. The smallest absolute Gasteiger partial charge is 0.479 e. The van der Waals surface area contributed by atoms with Crippen molar-refractivity contribution in [3.63, 3.8) is 0 Å². The normalized spacial score (nSPS) is 15.2. The molecule has 2 heterocycles. The molecule has 8 nitrogen and oxygen atoms in total. The van der Waals surface area contributed by atoms with Gasteiger partial charge in [-0.3, -0.25) is 4.57 Å². The van der Waals surface area contributed by atoms with Gasteiger partial charge < -0.3 is 19.1 Å². The molecule has 3 aromatic carbocycles. The number of aromatic nitrogens is 2. The van der Waals surface area contributed by atoms with E-state index in [-0.39, 0.29) is 27.3 Å². The Balaban J connectivity index is 1.50. The van der Waals surface area contributed by atoms with Gasteiger partial charge in [0.2, 0.25) is 0 Å². The molecular weight excluding hydrogens is 573 g/mol. The molecule has 12 heteroatoms. The number of halogens is 3. The number of hydrogen-bond acceptors (Lipinski definition) is 6. The Kier molecular flexibility index (Phi) is 6.96. The number of rotatable bonds is 9. The number of ether oxygens (including phenoxy) is 2. The summed E-state index contributed by atoms with van der Waals surface area (Å²) >= 11 is 0. The summed E-state index contributed by atoms with van der Waals surface area (Å²) < 4.78 is 70.6. The summed E-state index contributed by atoms with van der Waals surface area (Å²) in [5.41, 5.74) is 2.66. The number of carboxylic acid groups (broad SMARTS) is 1. The van der Waals surface area contributed by atoms with Crippen molar-refractivity contribution < 1.29 is 41.3 Å². The molecule has 2 aromatic heterocycles. The first-order valence-corrected chi connectivity index (χ1v) is 14.4. The molecule has 2 atom stereocenters. The Morgan fingerprint density at radius 3 is 2.60 bits per heavy atom. The molecule has 1 saturated carbocycles. The Bertz CT molecular complexity index is 1860. The van der Waals surface area contributed by atoms with Gasteiger partial charge in [-0.15, -0.1) is 13.2 Å². The fraction of sp³-hybridized carbons (Fsp3) is 0.267. The predicted molar refractivity (Wildman–Crippen MR) is 148 cm³/mol. The van der Waals surface area contributed by atoms with Crippen molar-refractivity contribution >= 4 is 38.6 Å². The lowest BCUT2D eigenvalue weighted by atomic mass is 10.1. The fourth-order valence-corrected chi connectivity index (χ4v) is 6.48. The summed E-state index contributed by atoms with van der Waals surface area (Å²) in [5.74, 6) is -0.488. The van der Waals surface area contributed by atoms with Crippen molar-refractivity contribution in [3.05, 3.63) is 71.9 Å². The van der Waals surface area contributed by atoms with Crippen LogP contribution in [0.4, 0.5) is 13.2 Å².